The molecule has 1 unspecified atom stereocenters. The Labute approximate surface area is 192 Å². The van der Waals surface area contributed by atoms with Crippen molar-refractivity contribution in [2.24, 2.45) is 5.10 Å². The van der Waals surface area contributed by atoms with Crippen LogP contribution in [-0.4, -0.2) is 17.3 Å². The lowest BCUT2D eigenvalue weighted by atomic mass is 9.71. The van der Waals surface area contributed by atoms with Crippen molar-refractivity contribution in [3.63, 3.8) is 0 Å². The molecule has 4 aromatic carbocycles. The number of hydrazone groups is 1. The molecule has 4 nitrogen and oxygen atoms in total. The number of hydrogen-bond donors (Lipinski definition) is 1. The minimum absolute atomic E-state index is 0.0101. The first-order valence-corrected chi connectivity index (χ1v) is 10.9. The molecule has 4 aromatic rings. The molecule has 0 aliphatic heterocycles. The number of nitrogens with one attached hydrogen (secondary N) is 1. The van der Waals surface area contributed by atoms with E-state index in [1.54, 1.807) is 12.1 Å². The number of anilines is 1. The van der Waals surface area contributed by atoms with Crippen molar-refractivity contribution in [1.29, 1.82) is 0 Å². The van der Waals surface area contributed by atoms with E-state index in [-0.39, 0.29) is 18.0 Å². The Morgan fingerprint density at radius 1 is 0.697 bits per heavy atom. The predicted octanol–water partition coefficient (Wildman–Crippen LogP) is 5.91. The molecule has 0 aromatic heterocycles. The van der Waals surface area contributed by atoms with Crippen LogP contribution in [0.1, 0.15) is 38.3 Å². The van der Waals surface area contributed by atoms with Gasteiger partial charge in [-0.1, -0.05) is 103 Å². The zero-order chi connectivity index (χ0) is 22.7. The quantitative estimate of drug-likeness (QED) is 0.306. The molecule has 1 N–H and O–H groups in total. The summed E-state index contributed by atoms with van der Waals surface area (Å²) >= 11 is 0. The van der Waals surface area contributed by atoms with E-state index in [9.17, 15) is 9.59 Å². The van der Waals surface area contributed by atoms with Crippen molar-refractivity contribution in [3.8, 4) is 0 Å². The Balaban J connectivity index is 1.70. The molecule has 0 radical (unpaired) electrons. The van der Waals surface area contributed by atoms with Gasteiger partial charge in [-0.15, -0.1) is 0 Å². The number of carbonyl (C=O) groups excluding carboxylic acids is 2. The summed E-state index contributed by atoms with van der Waals surface area (Å²) in [4.78, 5) is 27.5. The molecular weight excluding hydrogens is 408 g/mol. The van der Waals surface area contributed by atoms with Crippen LogP contribution >= 0.6 is 0 Å². The van der Waals surface area contributed by atoms with E-state index in [4.69, 9.17) is 5.10 Å². The van der Waals surface area contributed by atoms with Gasteiger partial charge in [-0.3, -0.25) is 15.0 Å². The maximum atomic E-state index is 14.0. The van der Waals surface area contributed by atoms with Crippen molar-refractivity contribution in [3.05, 3.63) is 138 Å². The molecule has 0 saturated carbocycles. The van der Waals surface area contributed by atoms with Crippen LogP contribution in [0.5, 0.6) is 0 Å². The number of hydrogen-bond acceptors (Lipinski definition) is 4. The summed E-state index contributed by atoms with van der Waals surface area (Å²) in [5, 5.41) is 4.76. The molecule has 33 heavy (non-hydrogen) atoms. The van der Waals surface area contributed by atoms with Gasteiger partial charge in [0.15, 0.2) is 11.6 Å². The number of carbonyl (C=O) groups is 2. The number of fused-ring (bicyclic) bond motifs is 1. The fourth-order valence-electron chi connectivity index (χ4n) is 4.47. The zero-order valence-corrected chi connectivity index (χ0v) is 17.9. The Hall–Kier alpha value is -4.31. The number of benzene rings is 4. The summed E-state index contributed by atoms with van der Waals surface area (Å²) in [6, 6.07) is 35.6. The fourth-order valence-corrected chi connectivity index (χ4v) is 4.47. The highest BCUT2D eigenvalue weighted by atomic mass is 16.1. The largest absolute Gasteiger partial charge is 0.294 e. The molecular formula is C29H22N2O2. The zero-order valence-electron chi connectivity index (χ0n) is 17.9. The fraction of sp³-hybridized carbons (Fsp3) is 0.0690. The van der Waals surface area contributed by atoms with Crippen LogP contribution in [0.15, 0.2) is 120 Å². The Morgan fingerprint density at radius 2 is 1.24 bits per heavy atom. The molecule has 1 atom stereocenters. The molecule has 0 saturated heterocycles. The summed E-state index contributed by atoms with van der Waals surface area (Å²) in [5.41, 5.74) is 5.90. The normalized spacial score (nSPS) is 18.2. The van der Waals surface area contributed by atoms with E-state index in [1.807, 2.05) is 103 Å². The Morgan fingerprint density at radius 3 is 1.91 bits per heavy atom. The summed E-state index contributed by atoms with van der Waals surface area (Å²) in [6.45, 7) is 0. The van der Waals surface area contributed by atoms with Gasteiger partial charge >= 0.3 is 0 Å². The maximum Gasteiger partial charge on any atom is 0.180 e. The van der Waals surface area contributed by atoms with Gasteiger partial charge in [0.25, 0.3) is 0 Å². The second kappa shape index (κ2) is 8.67. The van der Waals surface area contributed by atoms with E-state index in [1.165, 1.54) is 0 Å². The van der Waals surface area contributed by atoms with Crippen LogP contribution in [0.25, 0.3) is 0 Å². The van der Waals surface area contributed by atoms with Gasteiger partial charge in [0.05, 0.1) is 11.4 Å². The molecule has 1 aliphatic rings. The van der Waals surface area contributed by atoms with Crippen molar-refractivity contribution >= 4 is 23.0 Å². The Kier molecular flexibility index (Phi) is 5.41. The monoisotopic (exact) mass is 430 g/mol. The van der Waals surface area contributed by atoms with Gasteiger partial charge in [0.1, 0.15) is 5.41 Å². The second-order valence-corrected chi connectivity index (χ2v) is 8.05. The van der Waals surface area contributed by atoms with Crippen molar-refractivity contribution < 1.29 is 9.59 Å². The summed E-state index contributed by atoms with van der Waals surface area (Å²) < 4.78 is 0. The molecule has 0 spiro atoms. The number of para-hydroxylation sites is 1. The highest BCUT2D eigenvalue weighted by Gasteiger charge is 2.53. The second-order valence-electron chi connectivity index (χ2n) is 8.05. The van der Waals surface area contributed by atoms with Crippen LogP contribution in [0.3, 0.4) is 0 Å². The van der Waals surface area contributed by atoms with E-state index in [0.29, 0.717) is 16.8 Å². The molecule has 1 aliphatic carbocycles. The minimum atomic E-state index is -1.22. The first-order valence-electron chi connectivity index (χ1n) is 10.9. The topological polar surface area (TPSA) is 58.5 Å². The smallest absolute Gasteiger partial charge is 0.180 e. The molecule has 0 amide bonds. The van der Waals surface area contributed by atoms with E-state index >= 15 is 0 Å². The first kappa shape index (κ1) is 20.6. The third-order valence-corrected chi connectivity index (χ3v) is 6.08. The molecule has 0 fully saturated rings. The SMILES string of the molecule is O=C(CC1(c2ccccc2)C(=O)c2ccccc2C1=NNc1ccccc1)c1ccccc1. The standard InChI is InChI=1S/C29H22N2O2/c32-26(21-12-4-1-5-13-21)20-29(22-14-6-2-7-15-22)27(31-30-23-16-8-3-9-17-23)24-18-10-11-19-25(24)28(29)33/h1-19,30H,20H2. The molecule has 5 rings (SSSR count). The van der Waals surface area contributed by atoms with Gasteiger partial charge in [-0.2, -0.15) is 5.10 Å². The molecule has 0 bridgehead atoms. The summed E-state index contributed by atoms with van der Waals surface area (Å²) in [5.74, 6) is -0.213. The maximum absolute atomic E-state index is 14.0. The van der Waals surface area contributed by atoms with Crippen LogP contribution in [0.4, 0.5) is 5.69 Å². The average Bonchev–Trinajstić information content (AvgIpc) is 3.12. The van der Waals surface area contributed by atoms with E-state index < -0.39 is 5.41 Å². The predicted molar refractivity (Wildman–Crippen MR) is 131 cm³/mol. The Bertz CT molecular complexity index is 1330. The van der Waals surface area contributed by atoms with Gasteiger partial charge in [0, 0.05) is 23.1 Å². The van der Waals surface area contributed by atoms with Crippen molar-refractivity contribution in [2.75, 3.05) is 5.43 Å². The van der Waals surface area contributed by atoms with Crippen LogP contribution in [-0.2, 0) is 5.41 Å². The van der Waals surface area contributed by atoms with Gasteiger partial charge in [0.2, 0.25) is 0 Å². The van der Waals surface area contributed by atoms with E-state index in [2.05, 4.69) is 5.43 Å². The van der Waals surface area contributed by atoms with Crippen LogP contribution in [0.2, 0.25) is 0 Å². The van der Waals surface area contributed by atoms with Crippen molar-refractivity contribution in [2.45, 2.75) is 11.8 Å². The molecule has 4 heteroatoms. The van der Waals surface area contributed by atoms with Gasteiger partial charge < -0.3 is 0 Å². The number of Topliss-reactive ketones (excluding diaryl/α,β-unsaturated/α-hetero) is 2. The highest BCUT2D eigenvalue weighted by molar-refractivity contribution is 6.36. The number of ketones is 2. The lowest BCUT2D eigenvalue weighted by Gasteiger charge is -2.28. The molecule has 0 heterocycles. The van der Waals surface area contributed by atoms with Crippen molar-refractivity contribution in [1.82, 2.24) is 0 Å². The summed E-state index contributed by atoms with van der Waals surface area (Å²) in [7, 11) is 0. The third-order valence-electron chi connectivity index (χ3n) is 6.08. The van der Waals surface area contributed by atoms with E-state index in [0.717, 1.165) is 16.8 Å². The number of rotatable bonds is 6. The lowest BCUT2D eigenvalue weighted by molar-refractivity contribution is 0.0868. The first-order chi connectivity index (χ1) is 16.2. The highest BCUT2D eigenvalue weighted by Crippen LogP contribution is 2.43. The van der Waals surface area contributed by atoms with Gasteiger partial charge in [-0.05, 0) is 17.7 Å². The van der Waals surface area contributed by atoms with Crippen LogP contribution < -0.4 is 5.43 Å². The third kappa shape index (κ3) is 3.66. The minimum Gasteiger partial charge on any atom is -0.294 e. The van der Waals surface area contributed by atoms with Gasteiger partial charge in [-0.25, -0.2) is 0 Å². The summed E-state index contributed by atoms with van der Waals surface area (Å²) in [6.07, 6.45) is -0.0101. The lowest BCUT2D eigenvalue weighted by Crippen LogP contribution is -2.41. The number of nitrogens with zero attached hydrogens (tertiary/aromatic N) is 1. The van der Waals surface area contributed by atoms with Crippen LogP contribution in [0, 0.1) is 0 Å². The molecule has 160 valence electrons. The average molecular weight is 431 g/mol.